The highest BCUT2D eigenvalue weighted by Gasteiger charge is 2.25. The van der Waals surface area contributed by atoms with E-state index >= 15 is 0 Å². The summed E-state index contributed by atoms with van der Waals surface area (Å²) < 4.78 is 31.5. The van der Waals surface area contributed by atoms with Crippen LogP contribution < -0.4 is 10.1 Å². The van der Waals surface area contributed by atoms with Crippen LogP contribution in [-0.2, 0) is 10.0 Å². The van der Waals surface area contributed by atoms with E-state index in [2.05, 4.69) is 5.32 Å². The van der Waals surface area contributed by atoms with E-state index in [1.165, 1.54) is 16.4 Å². The lowest BCUT2D eigenvalue weighted by Crippen LogP contribution is -2.30. The van der Waals surface area contributed by atoms with E-state index < -0.39 is 14.9 Å². The Labute approximate surface area is 152 Å². The molecule has 0 spiro atoms. The van der Waals surface area contributed by atoms with Gasteiger partial charge in [-0.3, -0.25) is 10.1 Å². The number of nitrogens with zero attached hydrogens (tertiary/aromatic N) is 2. The zero-order chi connectivity index (χ0) is 19.3. The normalized spacial score (nSPS) is 11.4. The van der Waals surface area contributed by atoms with Crippen LogP contribution in [0.3, 0.4) is 0 Å². The number of benzene rings is 2. The van der Waals surface area contributed by atoms with Gasteiger partial charge in [-0.25, -0.2) is 8.42 Å². The number of nitro benzene ring substituents is 1. The smallest absolute Gasteiger partial charge is 0.294 e. The highest BCUT2D eigenvalue weighted by atomic mass is 32.2. The number of nitro groups is 1. The molecule has 140 valence electrons. The Bertz CT molecular complexity index is 878. The van der Waals surface area contributed by atoms with Gasteiger partial charge in [0.25, 0.3) is 5.69 Å². The van der Waals surface area contributed by atoms with Crippen LogP contribution in [0.2, 0.25) is 0 Å². The van der Waals surface area contributed by atoms with Crippen molar-refractivity contribution in [2.45, 2.75) is 18.7 Å². The van der Waals surface area contributed by atoms with Gasteiger partial charge in [0.2, 0.25) is 10.0 Å². The third-order valence-electron chi connectivity index (χ3n) is 3.88. The van der Waals surface area contributed by atoms with E-state index in [0.717, 1.165) is 6.07 Å². The molecule has 0 atom stereocenters. The van der Waals surface area contributed by atoms with Crippen molar-refractivity contribution in [3.8, 4) is 5.75 Å². The van der Waals surface area contributed by atoms with Crippen LogP contribution in [0, 0.1) is 10.1 Å². The van der Waals surface area contributed by atoms with Gasteiger partial charge in [-0.15, -0.1) is 0 Å². The molecule has 0 fully saturated rings. The maximum atomic E-state index is 12.6. The van der Waals surface area contributed by atoms with Gasteiger partial charge in [-0.05, 0) is 36.4 Å². The first-order chi connectivity index (χ1) is 12.3. The Hall–Kier alpha value is -2.65. The summed E-state index contributed by atoms with van der Waals surface area (Å²) in [6.07, 6.45) is 0. The van der Waals surface area contributed by atoms with Crippen LogP contribution in [0.5, 0.6) is 5.75 Å². The molecule has 8 nitrogen and oxygen atoms in total. The lowest BCUT2D eigenvalue weighted by Gasteiger charge is -2.18. The van der Waals surface area contributed by atoms with Crippen LogP contribution in [0.15, 0.2) is 47.4 Å². The number of nitrogens with one attached hydrogen (secondary N) is 1. The zero-order valence-corrected chi connectivity index (χ0v) is 15.6. The van der Waals surface area contributed by atoms with Crippen LogP contribution in [0.1, 0.15) is 13.8 Å². The second kappa shape index (κ2) is 8.15. The first kappa shape index (κ1) is 19.7. The van der Waals surface area contributed by atoms with Gasteiger partial charge in [0.05, 0.1) is 16.9 Å². The molecular formula is C17H21N3O5S. The quantitative estimate of drug-likeness (QED) is 0.557. The van der Waals surface area contributed by atoms with Crippen molar-refractivity contribution in [2.24, 2.45) is 0 Å². The first-order valence-electron chi connectivity index (χ1n) is 8.03. The van der Waals surface area contributed by atoms with Gasteiger partial charge < -0.3 is 10.1 Å². The van der Waals surface area contributed by atoms with Gasteiger partial charge in [0, 0.05) is 24.8 Å². The molecule has 2 rings (SSSR count). The molecule has 0 bridgehead atoms. The summed E-state index contributed by atoms with van der Waals surface area (Å²) in [6.45, 7) is 4.01. The van der Waals surface area contributed by atoms with E-state index in [-0.39, 0.29) is 16.3 Å². The topological polar surface area (TPSA) is 102 Å². The van der Waals surface area contributed by atoms with E-state index in [1.807, 2.05) is 0 Å². The number of sulfonamides is 1. The average molecular weight is 379 g/mol. The molecule has 0 aromatic heterocycles. The molecule has 2 aromatic carbocycles. The monoisotopic (exact) mass is 379 g/mol. The predicted molar refractivity (Wildman–Crippen MR) is 99.5 cm³/mol. The molecule has 0 aliphatic carbocycles. The van der Waals surface area contributed by atoms with E-state index in [0.29, 0.717) is 24.5 Å². The fourth-order valence-electron chi connectivity index (χ4n) is 2.47. The highest BCUT2D eigenvalue weighted by molar-refractivity contribution is 7.89. The number of anilines is 2. The van der Waals surface area contributed by atoms with Crippen LogP contribution in [0.4, 0.5) is 17.1 Å². The molecule has 1 N–H and O–H groups in total. The van der Waals surface area contributed by atoms with Crippen molar-refractivity contribution in [3.05, 3.63) is 52.6 Å². The van der Waals surface area contributed by atoms with Crippen molar-refractivity contribution in [1.29, 1.82) is 0 Å². The molecule has 2 aromatic rings. The second-order valence-corrected chi connectivity index (χ2v) is 7.32. The Morgan fingerprint density at radius 2 is 1.73 bits per heavy atom. The molecule has 0 amide bonds. The standard InChI is InChI=1S/C17H21N3O5S/c1-4-19(5-2)26(23,24)15-10-11-16(17(12-15)20(21)22)18-13-6-8-14(25-3)9-7-13/h6-12,18H,4-5H2,1-3H3. The van der Waals surface area contributed by atoms with Gasteiger partial charge in [-0.2, -0.15) is 4.31 Å². The minimum atomic E-state index is -3.77. The number of hydrogen-bond donors (Lipinski definition) is 1. The lowest BCUT2D eigenvalue weighted by atomic mass is 10.2. The highest BCUT2D eigenvalue weighted by Crippen LogP contribution is 2.31. The molecule has 0 heterocycles. The Morgan fingerprint density at radius 1 is 1.12 bits per heavy atom. The minimum Gasteiger partial charge on any atom is -0.497 e. The summed E-state index contributed by atoms with van der Waals surface area (Å²) in [7, 11) is -2.23. The fraction of sp³-hybridized carbons (Fsp3) is 0.294. The van der Waals surface area contributed by atoms with Gasteiger partial charge in [0.15, 0.2) is 0 Å². The Kier molecular flexibility index (Phi) is 6.17. The third kappa shape index (κ3) is 4.12. The second-order valence-electron chi connectivity index (χ2n) is 5.38. The van der Waals surface area contributed by atoms with E-state index in [1.54, 1.807) is 45.2 Å². The number of rotatable bonds is 8. The van der Waals surface area contributed by atoms with Crippen LogP contribution in [-0.4, -0.2) is 37.8 Å². The number of ether oxygens (including phenoxy) is 1. The van der Waals surface area contributed by atoms with Crippen molar-refractivity contribution >= 4 is 27.1 Å². The van der Waals surface area contributed by atoms with E-state index in [4.69, 9.17) is 4.74 Å². The van der Waals surface area contributed by atoms with E-state index in [9.17, 15) is 18.5 Å². The van der Waals surface area contributed by atoms with Gasteiger partial charge in [-0.1, -0.05) is 13.8 Å². The summed E-state index contributed by atoms with van der Waals surface area (Å²) in [4.78, 5) is 10.7. The van der Waals surface area contributed by atoms with Gasteiger partial charge in [0.1, 0.15) is 11.4 Å². The summed E-state index contributed by atoms with van der Waals surface area (Å²) in [6, 6.07) is 10.7. The maximum Gasteiger partial charge on any atom is 0.294 e. The minimum absolute atomic E-state index is 0.104. The Morgan fingerprint density at radius 3 is 2.23 bits per heavy atom. The third-order valence-corrected chi connectivity index (χ3v) is 5.92. The molecule has 26 heavy (non-hydrogen) atoms. The van der Waals surface area contributed by atoms with Crippen molar-refractivity contribution in [1.82, 2.24) is 4.31 Å². The number of hydrogen-bond acceptors (Lipinski definition) is 6. The molecule has 0 saturated heterocycles. The van der Waals surface area contributed by atoms with Crippen molar-refractivity contribution < 1.29 is 18.1 Å². The van der Waals surface area contributed by atoms with Crippen molar-refractivity contribution in [3.63, 3.8) is 0 Å². The summed E-state index contributed by atoms with van der Waals surface area (Å²) >= 11 is 0. The summed E-state index contributed by atoms with van der Waals surface area (Å²) in [5.74, 6) is 0.658. The molecule has 0 unspecified atom stereocenters. The molecule has 9 heteroatoms. The molecular weight excluding hydrogens is 358 g/mol. The maximum absolute atomic E-state index is 12.6. The number of methoxy groups -OCH3 is 1. The zero-order valence-electron chi connectivity index (χ0n) is 14.8. The SMILES string of the molecule is CCN(CC)S(=O)(=O)c1ccc(Nc2ccc(OC)cc2)c([N+](=O)[O-])c1. The predicted octanol–water partition coefficient (Wildman–Crippen LogP) is 3.38. The van der Waals surface area contributed by atoms with Crippen LogP contribution >= 0.6 is 0 Å². The largest absolute Gasteiger partial charge is 0.497 e. The Balaban J connectivity index is 2.41. The molecule has 0 aliphatic heterocycles. The molecule has 0 aliphatic rings. The average Bonchev–Trinajstić information content (AvgIpc) is 2.63. The van der Waals surface area contributed by atoms with Crippen molar-refractivity contribution in [2.75, 3.05) is 25.5 Å². The molecule has 0 radical (unpaired) electrons. The molecule has 0 saturated carbocycles. The fourth-order valence-corrected chi connectivity index (χ4v) is 3.95. The van der Waals surface area contributed by atoms with Crippen LogP contribution in [0.25, 0.3) is 0 Å². The summed E-state index contributed by atoms with van der Waals surface area (Å²) in [5.41, 5.74) is 0.515. The van der Waals surface area contributed by atoms with Gasteiger partial charge >= 0.3 is 0 Å². The lowest BCUT2D eigenvalue weighted by molar-refractivity contribution is -0.384. The first-order valence-corrected chi connectivity index (χ1v) is 9.47. The summed E-state index contributed by atoms with van der Waals surface area (Å²) in [5, 5.41) is 14.4.